The van der Waals surface area contributed by atoms with Crippen LogP contribution in [0.1, 0.15) is 36.9 Å². The molecule has 2 aromatic heterocycles. The maximum atomic E-state index is 13.1. The zero-order chi connectivity index (χ0) is 19.5. The number of anilines is 2. The second-order valence-corrected chi connectivity index (χ2v) is 7.57. The van der Waals surface area contributed by atoms with E-state index in [9.17, 15) is 8.78 Å². The molecule has 0 unspecified atom stereocenters. The molecule has 152 valence electrons. The van der Waals surface area contributed by atoms with Crippen molar-refractivity contribution in [1.29, 1.82) is 0 Å². The van der Waals surface area contributed by atoms with Crippen LogP contribution in [-0.2, 0) is 13.6 Å². The first-order valence-corrected chi connectivity index (χ1v) is 9.97. The second-order valence-electron chi connectivity index (χ2n) is 7.57. The molecule has 0 radical (unpaired) electrons. The van der Waals surface area contributed by atoms with Crippen LogP contribution in [0, 0.1) is 0 Å². The van der Waals surface area contributed by atoms with E-state index in [2.05, 4.69) is 36.1 Å². The summed E-state index contributed by atoms with van der Waals surface area (Å²) >= 11 is 0. The van der Waals surface area contributed by atoms with Gasteiger partial charge >= 0.3 is 0 Å². The summed E-state index contributed by atoms with van der Waals surface area (Å²) in [5, 5.41) is 12.7. The second kappa shape index (κ2) is 8.38. The average molecular weight is 391 g/mol. The van der Waals surface area contributed by atoms with Crippen molar-refractivity contribution in [3.05, 3.63) is 29.6 Å². The van der Waals surface area contributed by atoms with Gasteiger partial charge in [0.1, 0.15) is 5.69 Å². The maximum Gasteiger partial charge on any atom is 0.282 e. The normalized spacial score (nSPS) is 18.9. The Morgan fingerprint density at radius 1 is 0.893 bits per heavy atom. The van der Waals surface area contributed by atoms with Crippen molar-refractivity contribution in [3.8, 4) is 0 Å². The Bertz CT molecular complexity index is 763. The van der Waals surface area contributed by atoms with Gasteiger partial charge in [-0.15, -0.1) is 10.2 Å². The van der Waals surface area contributed by atoms with Crippen LogP contribution in [-0.4, -0.2) is 64.1 Å². The number of alkyl halides is 2. The molecule has 0 saturated carbocycles. The van der Waals surface area contributed by atoms with Crippen molar-refractivity contribution in [2.24, 2.45) is 7.05 Å². The van der Waals surface area contributed by atoms with Gasteiger partial charge in [0.2, 0.25) is 0 Å². The Morgan fingerprint density at radius 3 is 2.07 bits per heavy atom. The molecule has 0 aromatic carbocycles. The SMILES string of the molecule is Cn1cc(CN2CCN(c3ccc(N4CCCCC4)nn3)CC2)c(C(F)F)n1. The molecule has 2 aliphatic heterocycles. The van der Waals surface area contributed by atoms with Gasteiger partial charge in [-0.3, -0.25) is 9.58 Å². The minimum Gasteiger partial charge on any atom is -0.355 e. The molecule has 2 aromatic rings. The zero-order valence-corrected chi connectivity index (χ0v) is 16.3. The van der Waals surface area contributed by atoms with Gasteiger partial charge in [-0.2, -0.15) is 5.10 Å². The molecule has 0 aliphatic carbocycles. The minimum atomic E-state index is -2.54. The van der Waals surface area contributed by atoms with Crippen LogP contribution in [0.3, 0.4) is 0 Å². The van der Waals surface area contributed by atoms with Gasteiger partial charge in [-0.25, -0.2) is 8.78 Å². The number of nitrogens with zero attached hydrogens (tertiary/aromatic N) is 7. The third-order valence-corrected chi connectivity index (χ3v) is 5.55. The fraction of sp³-hybridized carbons (Fsp3) is 0.632. The number of halogens is 2. The molecule has 4 heterocycles. The lowest BCUT2D eigenvalue weighted by atomic mass is 10.1. The highest BCUT2D eigenvalue weighted by Crippen LogP contribution is 2.24. The summed E-state index contributed by atoms with van der Waals surface area (Å²) in [7, 11) is 1.68. The summed E-state index contributed by atoms with van der Waals surface area (Å²) in [6, 6.07) is 4.10. The van der Waals surface area contributed by atoms with Crippen molar-refractivity contribution >= 4 is 11.6 Å². The Balaban J connectivity index is 1.33. The lowest BCUT2D eigenvalue weighted by Crippen LogP contribution is -2.46. The molecule has 2 aliphatic rings. The molecule has 0 spiro atoms. The van der Waals surface area contributed by atoms with Crippen LogP contribution in [0.5, 0.6) is 0 Å². The molecular weight excluding hydrogens is 364 g/mol. The van der Waals surface area contributed by atoms with Gasteiger partial charge in [-0.1, -0.05) is 0 Å². The summed E-state index contributed by atoms with van der Waals surface area (Å²) in [4.78, 5) is 6.70. The quantitative estimate of drug-likeness (QED) is 0.781. The topological polar surface area (TPSA) is 53.3 Å². The van der Waals surface area contributed by atoms with E-state index < -0.39 is 6.43 Å². The highest BCUT2D eigenvalue weighted by Gasteiger charge is 2.23. The highest BCUT2D eigenvalue weighted by atomic mass is 19.3. The number of aromatic nitrogens is 4. The van der Waals surface area contributed by atoms with E-state index in [-0.39, 0.29) is 5.69 Å². The number of piperidine rings is 1. The third-order valence-electron chi connectivity index (χ3n) is 5.55. The fourth-order valence-corrected chi connectivity index (χ4v) is 4.01. The van der Waals surface area contributed by atoms with Crippen LogP contribution >= 0.6 is 0 Å². The lowest BCUT2D eigenvalue weighted by Gasteiger charge is -2.35. The smallest absolute Gasteiger partial charge is 0.282 e. The van der Waals surface area contributed by atoms with Crippen molar-refractivity contribution in [2.75, 3.05) is 49.1 Å². The number of rotatable bonds is 5. The first-order valence-electron chi connectivity index (χ1n) is 9.97. The number of aryl methyl sites for hydroxylation is 1. The Labute approximate surface area is 163 Å². The standard InChI is InChI=1S/C19H27F2N7/c1-25-13-15(18(24-25)19(20)21)14-26-9-11-28(12-10-26)17-6-5-16(22-23-17)27-7-3-2-4-8-27/h5-6,13,19H,2-4,7-12,14H2,1H3. The molecule has 0 amide bonds. The van der Waals surface area contributed by atoms with E-state index in [4.69, 9.17) is 0 Å². The molecule has 0 bridgehead atoms. The predicted molar refractivity (Wildman–Crippen MR) is 104 cm³/mol. The van der Waals surface area contributed by atoms with E-state index in [1.54, 1.807) is 13.2 Å². The number of hydrogen-bond donors (Lipinski definition) is 0. The van der Waals surface area contributed by atoms with E-state index in [0.29, 0.717) is 12.1 Å². The van der Waals surface area contributed by atoms with Crippen molar-refractivity contribution in [1.82, 2.24) is 24.9 Å². The molecule has 9 heteroatoms. The van der Waals surface area contributed by atoms with E-state index in [1.807, 2.05) is 6.07 Å². The summed E-state index contributed by atoms with van der Waals surface area (Å²) in [5.41, 5.74) is 0.501. The summed E-state index contributed by atoms with van der Waals surface area (Å²) in [6.07, 6.45) is 2.89. The predicted octanol–water partition coefficient (Wildman–Crippen LogP) is 2.46. The molecule has 7 nitrogen and oxygen atoms in total. The average Bonchev–Trinajstić information content (AvgIpc) is 3.10. The van der Waals surface area contributed by atoms with Crippen LogP contribution < -0.4 is 9.80 Å². The Kier molecular flexibility index (Phi) is 5.70. The van der Waals surface area contributed by atoms with Crippen molar-refractivity contribution in [2.45, 2.75) is 32.2 Å². The largest absolute Gasteiger partial charge is 0.355 e. The molecule has 28 heavy (non-hydrogen) atoms. The van der Waals surface area contributed by atoms with Gasteiger partial charge < -0.3 is 9.80 Å². The lowest BCUT2D eigenvalue weighted by molar-refractivity contribution is 0.142. The van der Waals surface area contributed by atoms with Gasteiger partial charge in [0.05, 0.1) is 0 Å². The van der Waals surface area contributed by atoms with Crippen LogP contribution in [0.25, 0.3) is 0 Å². The Morgan fingerprint density at radius 2 is 1.50 bits per heavy atom. The third kappa shape index (κ3) is 4.24. The van der Waals surface area contributed by atoms with E-state index in [1.165, 1.54) is 23.9 Å². The minimum absolute atomic E-state index is 0.107. The molecule has 0 atom stereocenters. The molecule has 0 N–H and O–H groups in total. The first kappa shape index (κ1) is 19.0. The summed E-state index contributed by atoms with van der Waals surface area (Å²) < 4.78 is 27.7. The van der Waals surface area contributed by atoms with Crippen LogP contribution in [0.15, 0.2) is 18.3 Å². The van der Waals surface area contributed by atoms with Gasteiger partial charge in [-0.05, 0) is 31.4 Å². The van der Waals surface area contributed by atoms with Crippen molar-refractivity contribution in [3.63, 3.8) is 0 Å². The monoisotopic (exact) mass is 391 g/mol. The van der Waals surface area contributed by atoms with Gasteiger partial charge in [0.25, 0.3) is 6.43 Å². The molecule has 2 fully saturated rings. The summed E-state index contributed by atoms with van der Waals surface area (Å²) in [5.74, 6) is 1.84. The Hall–Kier alpha value is -2.29. The van der Waals surface area contributed by atoms with Crippen LogP contribution in [0.4, 0.5) is 20.4 Å². The van der Waals surface area contributed by atoms with Gasteiger partial charge in [0.15, 0.2) is 11.6 Å². The number of piperazine rings is 1. The summed E-state index contributed by atoms with van der Waals surface area (Å²) in [6.45, 7) is 5.83. The van der Waals surface area contributed by atoms with E-state index >= 15 is 0 Å². The zero-order valence-electron chi connectivity index (χ0n) is 16.3. The molecule has 2 saturated heterocycles. The highest BCUT2D eigenvalue weighted by molar-refractivity contribution is 5.45. The maximum absolute atomic E-state index is 13.1. The van der Waals surface area contributed by atoms with Gasteiger partial charge in [0, 0.05) is 64.6 Å². The van der Waals surface area contributed by atoms with E-state index in [0.717, 1.165) is 50.9 Å². The van der Waals surface area contributed by atoms with Crippen molar-refractivity contribution < 1.29 is 8.78 Å². The number of hydrogen-bond acceptors (Lipinski definition) is 6. The molecular formula is C19H27F2N7. The fourth-order valence-electron chi connectivity index (χ4n) is 4.01. The van der Waals surface area contributed by atoms with Crippen LogP contribution in [0.2, 0.25) is 0 Å². The first-order chi connectivity index (χ1) is 13.6. The molecule has 4 rings (SSSR count).